The first kappa shape index (κ1) is 15.5. The summed E-state index contributed by atoms with van der Waals surface area (Å²) in [6, 6.07) is 0. The van der Waals surface area contributed by atoms with Gasteiger partial charge < -0.3 is 10.5 Å². The highest BCUT2D eigenvalue weighted by atomic mass is 32.1. The van der Waals surface area contributed by atoms with E-state index in [-0.39, 0.29) is 5.41 Å². The molecule has 0 atom stereocenters. The van der Waals surface area contributed by atoms with Gasteiger partial charge in [0.2, 0.25) is 0 Å². The van der Waals surface area contributed by atoms with Gasteiger partial charge in [-0.2, -0.15) is 0 Å². The highest BCUT2D eigenvalue weighted by Gasteiger charge is 2.20. The molecule has 0 saturated carbocycles. The van der Waals surface area contributed by atoms with Crippen LogP contribution in [0.4, 0.5) is 0 Å². The molecule has 0 aliphatic carbocycles. The predicted molar refractivity (Wildman–Crippen MR) is 81.2 cm³/mol. The van der Waals surface area contributed by atoms with Crippen molar-refractivity contribution in [2.75, 3.05) is 13.2 Å². The third-order valence-corrected chi connectivity index (χ3v) is 4.62. The molecule has 0 fully saturated rings. The van der Waals surface area contributed by atoms with E-state index in [1.54, 1.807) is 11.3 Å². The number of aryl methyl sites for hydroxylation is 1. The summed E-state index contributed by atoms with van der Waals surface area (Å²) in [5.74, 6) is 0. The van der Waals surface area contributed by atoms with Crippen molar-refractivity contribution in [3.63, 3.8) is 0 Å². The lowest BCUT2D eigenvalue weighted by Gasteiger charge is -2.22. The maximum atomic E-state index is 5.68. The van der Waals surface area contributed by atoms with Crippen LogP contribution in [0.1, 0.15) is 37.3 Å². The second kappa shape index (κ2) is 7.16. The Morgan fingerprint density at radius 1 is 1.50 bits per heavy atom. The van der Waals surface area contributed by atoms with E-state index in [1.165, 1.54) is 4.88 Å². The van der Waals surface area contributed by atoms with Gasteiger partial charge >= 0.3 is 0 Å². The first-order chi connectivity index (χ1) is 8.43. The summed E-state index contributed by atoms with van der Waals surface area (Å²) in [5.41, 5.74) is 8.62. The molecular formula is C13H22N2OS2. The number of thiocarbonyl (C=S) groups is 1. The minimum atomic E-state index is -0.0625. The number of nitrogens with two attached hydrogens (primary N) is 1. The van der Waals surface area contributed by atoms with E-state index in [1.807, 2.05) is 12.4 Å². The van der Waals surface area contributed by atoms with Crippen molar-refractivity contribution in [2.24, 2.45) is 11.1 Å². The first-order valence-electron chi connectivity index (χ1n) is 6.20. The molecule has 0 aliphatic heterocycles. The van der Waals surface area contributed by atoms with Crippen LogP contribution in [0.15, 0.2) is 5.51 Å². The van der Waals surface area contributed by atoms with Gasteiger partial charge in [0.25, 0.3) is 0 Å². The summed E-state index contributed by atoms with van der Waals surface area (Å²) in [4.78, 5) is 6.12. The highest BCUT2D eigenvalue weighted by Crippen LogP contribution is 2.22. The van der Waals surface area contributed by atoms with Gasteiger partial charge in [-0.3, -0.25) is 0 Å². The molecule has 0 unspecified atom stereocenters. The van der Waals surface area contributed by atoms with Crippen LogP contribution in [-0.4, -0.2) is 23.2 Å². The Kier molecular flexibility index (Phi) is 6.18. The zero-order chi connectivity index (χ0) is 13.6. The molecule has 2 N–H and O–H groups in total. The number of nitrogens with zero attached hydrogens (tertiary/aromatic N) is 1. The Morgan fingerprint density at radius 2 is 2.22 bits per heavy atom. The zero-order valence-electron chi connectivity index (χ0n) is 11.4. The molecule has 0 aliphatic rings. The van der Waals surface area contributed by atoms with Crippen molar-refractivity contribution in [1.82, 2.24) is 4.98 Å². The van der Waals surface area contributed by atoms with Crippen molar-refractivity contribution in [1.29, 1.82) is 0 Å². The van der Waals surface area contributed by atoms with Gasteiger partial charge in [-0.05, 0) is 19.8 Å². The van der Waals surface area contributed by atoms with Gasteiger partial charge in [0.1, 0.15) is 0 Å². The molecule has 1 heterocycles. The molecule has 0 spiro atoms. The minimum absolute atomic E-state index is 0.0625. The number of ether oxygens (including phenoxy) is 1. The summed E-state index contributed by atoms with van der Waals surface area (Å²) in [6.45, 7) is 7.73. The first-order valence-corrected chi connectivity index (χ1v) is 7.49. The van der Waals surface area contributed by atoms with E-state index < -0.39 is 0 Å². The van der Waals surface area contributed by atoms with Gasteiger partial charge in [0.15, 0.2) is 0 Å². The summed E-state index contributed by atoms with van der Waals surface area (Å²) >= 11 is 6.73. The average Bonchev–Trinajstić information content (AvgIpc) is 2.69. The maximum Gasteiger partial charge on any atom is 0.0797 e. The van der Waals surface area contributed by atoms with Crippen LogP contribution >= 0.6 is 23.6 Å². The molecule has 18 heavy (non-hydrogen) atoms. The largest absolute Gasteiger partial charge is 0.393 e. The van der Waals surface area contributed by atoms with Gasteiger partial charge in [0, 0.05) is 23.3 Å². The van der Waals surface area contributed by atoms with Gasteiger partial charge in [-0.1, -0.05) is 26.1 Å². The Hall–Kier alpha value is -0.520. The monoisotopic (exact) mass is 286 g/mol. The second-order valence-electron chi connectivity index (χ2n) is 5.08. The van der Waals surface area contributed by atoms with E-state index in [0.29, 0.717) is 4.99 Å². The van der Waals surface area contributed by atoms with E-state index in [4.69, 9.17) is 22.7 Å². The van der Waals surface area contributed by atoms with Crippen LogP contribution in [0.5, 0.6) is 0 Å². The van der Waals surface area contributed by atoms with E-state index in [9.17, 15) is 0 Å². The summed E-state index contributed by atoms with van der Waals surface area (Å²) in [6.07, 6.45) is 2.92. The predicted octanol–water partition coefficient (Wildman–Crippen LogP) is 3.10. The Morgan fingerprint density at radius 3 is 2.78 bits per heavy atom. The summed E-state index contributed by atoms with van der Waals surface area (Å²) in [7, 11) is 0. The van der Waals surface area contributed by atoms with Gasteiger partial charge in [0.05, 0.1) is 22.8 Å². The van der Waals surface area contributed by atoms with Gasteiger partial charge in [-0.15, -0.1) is 11.3 Å². The maximum absolute atomic E-state index is 5.68. The number of thiazole rings is 1. The molecule has 0 aromatic carbocycles. The quantitative estimate of drug-likeness (QED) is 0.589. The summed E-state index contributed by atoms with van der Waals surface area (Å²) < 4.78 is 5.63. The molecule has 0 bridgehead atoms. The highest BCUT2D eigenvalue weighted by molar-refractivity contribution is 7.80. The number of aromatic nitrogens is 1. The molecular weight excluding hydrogens is 264 g/mol. The Bertz CT molecular complexity index is 388. The fourth-order valence-electron chi connectivity index (χ4n) is 1.57. The van der Waals surface area contributed by atoms with Crippen LogP contribution in [0, 0.1) is 12.3 Å². The van der Waals surface area contributed by atoms with Crippen LogP contribution in [0.3, 0.4) is 0 Å². The number of hydrogen-bond acceptors (Lipinski definition) is 4. The molecule has 0 radical (unpaired) electrons. The van der Waals surface area contributed by atoms with Crippen LogP contribution in [-0.2, 0) is 11.2 Å². The molecule has 3 nitrogen and oxygen atoms in total. The molecule has 1 aromatic rings. The zero-order valence-corrected chi connectivity index (χ0v) is 13.0. The van der Waals surface area contributed by atoms with Crippen LogP contribution in [0.2, 0.25) is 0 Å². The van der Waals surface area contributed by atoms with Crippen molar-refractivity contribution in [3.05, 3.63) is 16.1 Å². The molecule has 0 saturated heterocycles. The topological polar surface area (TPSA) is 48.1 Å². The van der Waals surface area contributed by atoms with Crippen LogP contribution in [0.25, 0.3) is 0 Å². The van der Waals surface area contributed by atoms with Gasteiger partial charge in [-0.25, -0.2) is 4.98 Å². The third-order valence-electron chi connectivity index (χ3n) is 3.08. The van der Waals surface area contributed by atoms with Crippen molar-refractivity contribution in [2.45, 2.75) is 40.0 Å². The molecule has 102 valence electrons. The molecule has 5 heteroatoms. The average molecular weight is 286 g/mol. The van der Waals surface area contributed by atoms with E-state index in [2.05, 4.69) is 18.8 Å². The lowest BCUT2D eigenvalue weighted by Crippen LogP contribution is -2.29. The lowest BCUT2D eigenvalue weighted by molar-refractivity contribution is 0.129. The van der Waals surface area contributed by atoms with E-state index in [0.717, 1.165) is 38.2 Å². The van der Waals surface area contributed by atoms with Crippen molar-refractivity contribution < 1.29 is 4.74 Å². The Labute approximate surface area is 119 Å². The standard InChI is InChI=1S/C13H22N2OS2/c1-10-11(18-9-15-10)5-8-16-7-4-6-13(2,3)12(14)17/h9H,4-8H2,1-3H3,(H2,14,17). The molecule has 1 rings (SSSR count). The van der Waals surface area contributed by atoms with Crippen molar-refractivity contribution in [3.8, 4) is 0 Å². The number of hydrogen-bond donors (Lipinski definition) is 1. The van der Waals surface area contributed by atoms with Crippen molar-refractivity contribution >= 4 is 28.5 Å². The smallest absolute Gasteiger partial charge is 0.0797 e. The second-order valence-corrected chi connectivity index (χ2v) is 6.45. The fourth-order valence-corrected chi connectivity index (χ4v) is 2.44. The molecule has 0 amide bonds. The SMILES string of the molecule is Cc1ncsc1CCOCCCC(C)(C)C(N)=S. The minimum Gasteiger partial charge on any atom is -0.393 e. The Balaban J connectivity index is 2.10. The fraction of sp³-hybridized carbons (Fsp3) is 0.692. The third kappa shape index (κ3) is 5.00. The lowest BCUT2D eigenvalue weighted by atomic mass is 9.88. The molecule has 1 aromatic heterocycles. The van der Waals surface area contributed by atoms with E-state index >= 15 is 0 Å². The van der Waals surface area contributed by atoms with Crippen LogP contribution < -0.4 is 5.73 Å². The summed E-state index contributed by atoms with van der Waals surface area (Å²) in [5, 5.41) is 0. The number of rotatable bonds is 8. The normalized spacial score (nSPS) is 11.7.